The molecule has 2 N–H and O–H groups in total. The van der Waals surface area contributed by atoms with Crippen LogP contribution in [-0.4, -0.2) is 16.0 Å². The van der Waals surface area contributed by atoms with Gasteiger partial charge in [0, 0.05) is 23.3 Å². The normalized spacial score (nSPS) is 10.4. The van der Waals surface area contributed by atoms with Gasteiger partial charge >= 0.3 is 0 Å². The first-order chi connectivity index (χ1) is 13.7. The maximum absolute atomic E-state index is 12.3. The fourth-order valence-electron chi connectivity index (χ4n) is 2.57. The summed E-state index contributed by atoms with van der Waals surface area (Å²) >= 11 is 5.22. The first-order valence-corrected chi connectivity index (χ1v) is 8.88. The summed E-state index contributed by atoms with van der Waals surface area (Å²) in [5.74, 6) is 1.06. The molecule has 0 aliphatic heterocycles. The lowest BCUT2D eigenvalue weighted by molar-refractivity contribution is 0.0952. The first-order valence-electron chi connectivity index (χ1n) is 8.47. The van der Waals surface area contributed by atoms with Gasteiger partial charge in [0.05, 0.1) is 0 Å². The van der Waals surface area contributed by atoms with Crippen molar-refractivity contribution in [1.29, 1.82) is 0 Å². The molecule has 0 unspecified atom stereocenters. The number of furan rings is 1. The van der Waals surface area contributed by atoms with E-state index in [0.717, 1.165) is 11.1 Å². The molecule has 28 heavy (non-hydrogen) atoms. The Hall–Kier alpha value is -3.71. The molecule has 0 atom stereocenters. The molecule has 0 radical (unpaired) electrons. The number of nitrogens with zero attached hydrogens (tertiary/aromatic N) is 1. The number of amides is 1. The van der Waals surface area contributed by atoms with E-state index in [2.05, 4.69) is 15.6 Å². The monoisotopic (exact) mass is 389 g/mol. The summed E-state index contributed by atoms with van der Waals surface area (Å²) in [6.45, 7) is 0. The van der Waals surface area contributed by atoms with Crippen LogP contribution in [0.3, 0.4) is 0 Å². The number of carbonyl (C=O) groups excluding carboxylic acids is 1. The number of thiocarbonyl (C=S) groups is 1. The topological polar surface area (TPSA) is 76.4 Å². The Morgan fingerprint density at radius 3 is 2.61 bits per heavy atom. The average Bonchev–Trinajstić information content (AvgIpc) is 3.13. The zero-order chi connectivity index (χ0) is 19.3. The number of nitrogens with one attached hydrogen (secondary N) is 2. The number of ether oxygens (including phenoxy) is 1. The van der Waals surface area contributed by atoms with E-state index < -0.39 is 5.91 Å². The number of carbonyl (C=O) groups is 1. The number of hydrogen-bond donors (Lipinski definition) is 2. The molecule has 2 aromatic carbocycles. The fraction of sp³-hybridized carbons (Fsp3) is 0. The van der Waals surface area contributed by atoms with Gasteiger partial charge in [-0.25, -0.2) is 4.98 Å². The number of benzene rings is 2. The average molecular weight is 389 g/mol. The van der Waals surface area contributed by atoms with Crippen LogP contribution < -0.4 is 15.4 Å². The van der Waals surface area contributed by atoms with Crippen LogP contribution in [0.15, 0.2) is 83.4 Å². The molecule has 0 spiro atoms. The Labute approximate surface area is 166 Å². The van der Waals surface area contributed by atoms with Crippen LogP contribution >= 0.6 is 12.2 Å². The summed E-state index contributed by atoms with van der Waals surface area (Å²) < 4.78 is 11.2. The lowest BCUT2D eigenvalue weighted by atomic mass is 10.3. The molecule has 0 saturated carbocycles. The molecule has 7 heteroatoms. The minimum Gasteiger partial charge on any atom is -0.457 e. The summed E-state index contributed by atoms with van der Waals surface area (Å²) in [7, 11) is 0. The summed E-state index contributed by atoms with van der Waals surface area (Å²) in [4.78, 5) is 16.4. The van der Waals surface area contributed by atoms with Crippen LogP contribution in [0.2, 0.25) is 0 Å². The zero-order valence-electron chi connectivity index (χ0n) is 14.6. The van der Waals surface area contributed by atoms with Gasteiger partial charge in [-0.05, 0) is 54.7 Å². The Bertz CT molecular complexity index is 1110. The molecule has 4 rings (SSSR count). The van der Waals surface area contributed by atoms with Crippen molar-refractivity contribution in [3.8, 4) is 11.5 Å². The molecule has 6 nitrogen and oxygen atoms in total. The molecule has 2 aromatic heterocycles. The van der Waals surface area contributed by atoms with Gasteiger partial charge in [0.15, 0.2) is 10.9 Å². The lowest BCUT2D eigenvalue weighted by Gasteiger charge is -2.10. The Morgan fingerprint density at radius 1 is 0.964 bits per heavy atom. The van der Waals surface area contributed by atoms with Crippen molar-refractivity contribution in [2.45, 2.75) is 0 Å². The summed E-state index contributed by atoms with van der Waals surface area (Å²) in [5.41, 5.74) is 1.09. The number of hydrogen-bond acceptors (Lipinski definition) is 5. The van der Waals surface area contributed by atoms with Gasteiger partial charge in [-0.2, -0.15) is 0 Å². The second-order valence-electron chi connectivity index (χ2n) is 5.86. The molecule has 2 heterocycles. The molecule has 1 amide bonds. The van der Waals surface area contributed by atoms with E-state index in [0.29, 0.717) is 17.2 Å². The predicted octanol–water partition coefficient (Wildman–Crippen LogP) is 4.75. The van der Waals surface area contributed by atoms with Gasteiger partial charge in [-0.1, -0.05) is 24.3 Å². The predicted molar refractivity (Wildman–Crippen MR) is 111 cm³/mol. The molecule has 0 saturated heterocycles. The van der Waals surface area contributed by atoms with Crippen molar-refractivity contribution in [2.24, 2.45) is 0 Å². The second kappa shape index (κ2) is 7.89. The Kier molecular flexibility index (Phi) is 4.99. The van der Waals surface area contributed by atoms with Crippen molar-refractivity contribution in [2.75, 3.05) is 5.32 Å². The van der Waals surface area contributed by atoms with Crippen molar-refractivity contribution < 1.29 is 13.9 Å². The molecule has 0 bridgehead atoms. The summed E-state index contributed by atoms with van der Waals surface area (Å²) in [5, 5.41) is 6.45. The highest BCUT2D eigenvalue weighted by Gasteiger charge is 2.14. The van der Waals surface area contributed by atoms with Crippen molar-refractivity contribution in [3.63, 3.8) is 0 Å². The maximum Gasteiger partial charge on any atom is 0.293 e. The van der Waals surface area contributed by atoms with Crippen LogP contribution in [0.4, 0.5) is 5.69 Å². The van der Waals surface area contributed by atoms with E-state index in [1.165, 1.54) is 0 Å². The third-order valence-electron chi connectivity index (χ3n) is 3.82. The second-order valence-corrected chi connectivity index (χ2v) is 6.27. The minimum atomic E-state index is -0.452. The molecular weight excluding hydrogens is 374 g/mol. The SMILES string of the molecule is O=C(NC(=S)Nc1cccc(Oc2ccccc2)c1)c1cc2cccnc2o1. The standard InChI is InChI=1S/C21H15N3O3S/c25-19(18-12-14-6-5-11-22-20(14)27-18)24-21(28)23-15-7-4-10-17(13-15)26-16-8-2-1-3-9-16/h1-13H,(H2,23,24,25,28). The van der Waals surface area contributed by atoms with Crippen LogP contribution in [0.25, 0.3) is 11.1 Å². The van der Waals surface area contributed by atoms with Gasteiger partial charge in [-0.3, -0.25) is 10.1 Å². The summed E-state index contributed by atoms with van der Waals surface area (Å²) in [6, 6.07) is 21.9. The largest absolute Gasteiger partial charge is 0.457 e. The smallest absolute Gasteiger partial charge is 0.293 e. The third kappa shape index (κ3) is 4.16. The maximum atomic E-state index is 12.3. The number of anilines is 1. The van der Waals surface area contributed by atoms with Gasteiger partial charge in [0.2, 0.25) is 5.71 Å². The lowest BCUT2D eigenvalue weighted by Crippen LogP contribution is -2.33. The highest BCUT2D eigenvalue weighted by molar-refractivity contribution is 7.80. The van der Waals surface area contributed by atoms with Crippen molar-refractivity contribution in [1.82, 2.24) is 10.3 Å². The highest BCUT2D eigenvalue weighted by atomic mass is 32.1. The highest BCUT2D eigenvalue weighted by Crippen LogP contribution is 2.24. The van der Waals surface area contributed by atoms with Gasteiger partial charge in [0.25, 0.3) is 5.91 Å². The van der Waals surface area contributed by atoms with E-state index in [1.807, 2.05) is 54.6 Å². The third-order valence-corrected chi connectivity index (χ3v) is 4.02. The zero-order valence-corrected chi connectivity index (χ0v) is 15.4. The van der Waals surface area contributed by atoms with Crippen LogP contribution in [0.1, 0.15) is 10.6 Å². The quantitative estimate of drug-likeness (QED) is 0.491. The fourth-order valence-corrected chi connectivity index (χ4v) is 2.78. The van der Waals surface area contributed by atoms with Crippen molar-refractivity contribution in [3.05, 3.63) is 84.8 Å². The van der Waals surface area contributed by atoms with Crippen molar-refractivity contribution >= 4 is 40.0 Å². The molecule has 0 fully saturated rings. The molecular formula is C21H15N3O3S. The number of aromatic nitrogens is 1. The van der Waals surface area contributed by atoms with E-state index in [9.17, 15) is 4.79 Å². The number of fused-ring (bicyclic) bond motifs is 1. The Balaban J connectivity index is 1.40. The van der Waals surface area contributed by atoms with Crippen LogP contribution in [0.5, 0.6) is 11.5 Å². The van der Waals surface area contributed by atoms with Gasteiger partial charge in [0.1, 0.15) is 11.5 Å². The van der Waals surface area contributed by atoms with E-state index in [1.54, 1.807) is 24.4 Å². The minimum absolute atomic E-state index is 0.138. The molecule has 0 aliphatic carbocycles. The summed E-state index contributed by atoms with van der Waals surface area (Å²) in [6.07, 6.45) is 1.60. The van der Waals surface area contributed by atoms with Gasteiger partial charge in [-0.15, -0.1) is 0 Å². The molecule has 4 aromatic rings. The van der Waals surface area contributed by atoms with E-state index >= 15 is 0 Å². The number of pyridine rings is 1. The van der Waals surface area contributed by atoms with E-state index in [-0.39, 0.29) is 10.9 Å². The van der Waals surface area contributed by atoms with Crippen LogP contribution in [-0.2, 0) is 0 Å². The number of para-hydroxylation sites is 1. The molecule has 0 aliphatic rings. The van der Waals surface area contributed by atoms with Crippen LogP contribution in [0, 0.1) is 0 Å². The van der Waals surface area contributed by atoms with E-state index in [4.69, 9.17) is 21.4 Å². The van der Waals surface area contributed by atoms with Gasteiger partial charge < -0.3 is 14.5 Å². The molecule has 138 valence electrons. The number of rotatable bonds is 4. The Morgan fingerprint density at radius 2 is 1.79 bits per heavy atom. The first kappa shape index (κ1) is 17.7.